The molecule has 0 fully saturated rings. The summed E-state index contributed by atoms with van der Waals surface area (Å²) in [7, 11) is 0. The third-order valence-electron chi connectivity index (χ3n) is 4.16. The standard InChI is InChI=1S/C16H22N4O.ClH/c1-3-16(4-2,11-17)15(21)19-13-7-5-6-12(10-13)14-8-9-18-20-14;/h5-10H,3-4,11,17H2,1-2H3,(H,18,20)(H,19,21);1H. The number of hydrogen-bond donors (Lipinski definition) is 3. The molecule has 2 aromatic rings. The fourth-order valence-corrected chi connectivity index (χ4v) is 2.40. The molecule has 0 saturated heterocycles. The minimum Gasteiger partial charge on any atom is -0.329 e. The molecule has 1 amide bonds. The number of carbonyl (C=O) groups is 1. The van der Waals surface area contributed by atoms with Crippen LogP contribution < -0.4 is 11.1 Å². The summed E-state index contributed by atoms with van der Waals surface area (Å²) in [4.78, 5) is 12.5. The van der Waals surface area contributed by atoms with Gasteiger partial charge in [-0.15, -0.1) is 12.4 Å². The Labute approximate surface area is 137 Å². The van der Waals surface area contributed by atoms with Crippen LogP contribution in [0.2, 0.25) is 0 Å². The van der Waals surface area contributed by atoms with Crippen molar-refractivity contribution in [3.8, 4) is 11.3 Å². The summed E-state index contributed by atoms with van der Waals surface area (Å²) in [5.41, 5.74) is 7.99. The van der Waals surface area contributed by atoms with Gasteiger partial charge in [0.1, 0.15) is 0 Å². The molecule has 0 saturated carbocycles. The highest BCUT2D eigenvalue weighted by atomic mass is 35.5. The molecular weight excluding hydrogens is 300 g/mol. The van der Waals surface area contributed by atoms with Crippen LogP contribution in [0.1, 0.15) is 26.7 Å². The second-order valence-corrected chi connectivity index (χ2v) is 5.20. The zero-order chi connectivity index (χ0) is 15.3. The van der Waals surface area contributed by atoms with E-state index in [0.29, 0.717) is 6.54 Å². The number of hydrogen-bond acceptors (Lipinski definition) is 3. The highest BCUT2D eigenvalue weighted by Gasteiger charge is 2.33. The normalized spacial score (nSPS) is 10.9. The van der Waals surface area contributed by atoms with Crippen LogP contribution in [0.25, 0.3) is 11.3 Å². The van der Waals surface area contributed by atoms with Crippen molar-refractivity contribution in [2.75, 3.05) is 11.9 Å². The second kappa shape index (κ2) is 7.96. The van der Waals surface area contributed by atoms with Gasteiger partial charge in [-0.25, -0.2) is 0 Å². The van der Waals surface area contributed by atoms with Crippen molar-refractivity contribution >= 4 is 24.0 Å². The van der Waals surface area contributed by atoms with Gasteiger partial charge in [0.15, 0.2) is 0 Å². The average Bonchev–Trinajstić information content (AvgIpc) is 3.04. The lowest BCUT2D eigenvalue weighted by Gasteiger charge is -2.28. The third kappa shape index (κ3) is 3.67. The highest BCUT2D eigenvalue weighted by molar-refractivity contribution is 5.96. The van der Waals surface area contributed by atoms with Crippen LogP contribution in [0.5, 0.6) is 0 Å². The molecule has 6 heteroatoms. The molecule has 1 heterocycles. The van der Waals surface area contributed by atoms with Gasteiger partial charge in [-0.2, -0.15) is 5.10 Å². The van der Waals surface area contributed by atoms with E-state index in [1.165, 1.54) is 0 Å². The number of nitrogens with two attached hydrogens (primary N) is 1. The highest BCUT2D eigenvalue weighted by Crippen LogP contribution is 2.28. The summed E-state index contributed by atoms with van der Waals surface area (Å²) >= 11 is 0. The Kier molecular flexibility index (Phi) is 6.59. The van der Waals surface area contributed by atoms with Gasteiger partial charge in [0.05, 0.1) is 11.1 Å². The van der Waals surface area contributed by atoms with Crippen molar-refractivity contribution in [2.24, 2.45) is 11.1 Å². The largest absolute Gasteiger partial charge is 0.329 e. The molecule has 0 aliphatic rings. The van der Waals surface area contributed by atoms with Crippen molar-refractivity contribution in [1.29, 1.82) is 0 Å². The molecule has 2 rings (SSSR count). The van der Waals surface area contributed by atoms with Gasteiger partial charge in [0, 0.05) is 24.0 Å². The van der Waals surface area contributed by atoms with E-state index < -0.39 is 5.41 Å². The summed E-state index contributed by atoms with van der Waals surface area (Å²) in [5.74, 6) is -0.0169. The number of rotatable bonds is 6. The van der Waals surface area contributed by atoms with E-state index in [9.17, 15) is 4.79 Å². The molecule has 0 aliphatic heterocycles. The van der Waals surface area contributed by atoms with E-state index in [1.54, 1.807) is 6.20 Å². The third-order valence-corrected chi connectivity index (χ3v) is 4.16. The molecule has 120 valence electrons. The maximum Gasteiger partial charge on any atom is 0.231 e. The van der Waals surface area contributed by atoms with Crippen molar-refractivity contribution in [3.63, 3.8) is 0 Å². The summed E-state index contributed by atoms with van der Waals surface area (Å²) < 4.78 is 0. The molecule has 0 spiro atoms. The van der Waals surface area contributed by atoms with Crippen LogP contribution in [0.15, 0.2) is 36.5 Å². The lowest BCUT2D eigenvalue weighted by molar-refractivity contribution is -0.125. The first kappa shape index (κ1) is 18.2. The van der Waals surface area contributed by atoms with E-state index in [1.807, 2.05) is 44.2 Å². The predicted molar refractivity (Wildman–Crippen MR) is 92.0 cm³/mol. The van der Waals surface area contributed by atoms with E-state index >= 15 is 0 Å². The van der Waals surface area contributed by atoms with Gasteiger partial charge < -0.3 is 11.1 Å². The molecule has 0 unspecified atom stereocenters. The van der Waals surface area contributed by atoms with Gasteiger partial charge in [0.2, 0.25) is 5.91 Å². The zero-order valence-corrected chi connectivity index (χ0v) is 13.7. The van der Waals surface area contributed by atoms with Crippen molar-refractivity contribution in [2.45, 2.75) is 26.7 Å². The van der Waals surface area contributed by atoms with Crippen LogP contribution in [-0.4, -0.2) is 22.6 Å². The monoisotopic (exact) mass is 322 g/mol. The van der Waals surface area contributed by atoms with Crippen LogP contribution in [-0.2, 0) is 4.79 Å². The summed E-state index contributed by atoms with van der Waals surface area (Å²) in [6.45, 7) is 4.35. The van der Waals surface area contributed by atoms with Crippen LogP contribution in [0.4, 0.5) is 5.69 Å². The molecule has 0 bridgehead atoms. The topological polar surface area (TPSA) is 83.8 Å². The van der Waals surface area contributed by atoms with Gasteiger partial charge in [0.25, 0.3) is 0 Å². The lowest BCUT2D eigenvalue weighted by atomic mass is 9.81. The second-order valence-electron chi connectivity index (χ2n) is 5.20. The molecule has 1 aromatic carbocycles. The Bertz CT molecular complexity index is 586. The number of anilines is 1. The number of benzene rings is 1. The minimum absolute atomic E-state index is 0. The maximum absolute atomic E-state index is 12.5. The number of nitrogens with one attached hydrogen (secondary N) is 2. The number of H-pyrrole nitrogens is 1. The Balaban J connectivity index is 0.00000242. The van der Waals surface area contributed by atoms with E-state index in [2.05, 4.69) is 15.5 Å². The van der Waals surface area contributed by atoms with Crippen LogP contribution in [0.3, 0.4) is 0 Å². The first-order valence-corrected chi connectivity index (χ1v) is 7.26. The summed E-state index contributed by atoms with van der Waals surface area (Å²) in [5, 5.41) is 9.84. The van der Waals surface area contributed by atoms with Gasteiger partial charge >= 0.3 is 0 Å². The molecule has 22 heavy (non-hydrogen) atoms. The number of halogens is 1. The molecule has 4 N–H and O–H groups in total. The molecule has 1 aromatic heterocycles. The zero-order valence-electron chi connectivity index (χ0n) is 12.9. The maximum atomic E-state index is 12.5. The average molecular weight is 323 g/mol. The van der Waals surface area contributed by atoms with E-state index in [4.69, 9.17) is 5.73 Å². The summed E-state index contributed by atoms with van der Waals surface area (Å²) in [6, 6.07) is 9.58. The molecule has 5 nitrogen and oxygen atoms in total. The van der Waals surface area contributed by atoms with Crippen molar-refractivity contribution in [1.82, 2.24) is 10.2 Å². The minimum atomic E-state index is -0.496. The van der Waals surface area contributed by atoms with Crippen molar-refractivity contribution < 1.29 is 4.79 Å². The first-order chi connectivity index (χ1) is 10.1. The Morgan fingerprint density at radius 3 is 2.59 bits per heavy atom. The Morgan fingerprint density at radius 1 is 1.32 bits per heavy atom. The van der Waals surface area contributed by atoms with Gasteiger partial charge in [-0.05, 0) is 31.0 Å². The molecule has 0 atom stereocenters. The van der Waals surface area contributed by atoms with Gasteiger partial charge in [-0.3, -0.25) is 9.89 Å². The fraction of sp³-hybridized carbons (Fsp3) is 0.375. The van der Waals surface area contributed by atoms with E-state index in [-0.39, 0.29) is 18.3 Å². The number of carbonyl (C=O) groups excluding carboxylic acids is 1. The van der Waals surface area contributed by atoms with E-state index in [0.717, 1.165) is 29.8 Å². The molecule has 0 radical (unpaired) electrons. The quantitative estimate of drug-likeness (QED) is 0.763. The predicted octanol–water partition coefficient (Wildman–Crippen LogP) is 3.20. The van der Waals surface area contributed by atoms with Crippen LogP contribution in [0, 0.1) is 5.41 Å². The smallest absolute Gasteiger partial charge is 0.231 e. The number of aromatic amines is 1. The Morgan fingerprint density at radius 2 is 2.05 bits per heavy atom. The van der Waals surface area contributed by atoms with Crippen molar-refractivity contribution in [3.05, 3.63) is 36.5 Å². The number of amides is 1. The molecular formula is C16H23ClN4O. The van der Waals surface area contributed by atoms with Gasteiger partial charge in [-0.1, -0.05) is 26.0 Å². The molecule has 0 aliphatic carbocycles. The Hall–Kier alpha value is -1.85. The SMILES string of the molecule is CCC(CC)(CN)C(=O)Nc1cccc(-c2ccn[nH]2)c1.Cl. The number of nitrogens with zero attached hydrogens (tertiary/aromatic N) is 1. The lowest BCUT2D eigenvalue weighted by Crippen LogP contribution is -2.41. The summed E-state index contributed by atoms with van der Waals surface area (Å²) in [6.07, 6.45) is 3.16. The first-order valence-electron chi connectivity index (χ1n) is 7.26. The fourth-order valence-electron chi connectivity index (χ4n) is 2.40. The van der Waals surface area contributed by atoms with Crippen LogP contribution >= 0.6 is 12.4 Å². The number of aromatic nitrogens is 2.